The van der Waals surface area contributed by atoms with E-state index in [1.54, 1.807) is 12.1 Å². The first-order chi connectivity index (χ1) is 11.4. The Kier molecular flexibility index (Phi) is 11.7. The molecule has 24 heavy (non-hydrogen) atoms. The maximum atomic E-state index is 9.57. The third-order valence-electron chi connectivity index (χ3n) is 2.92. The summed E-state index contributed by atoms with van der Waals surface area (Å²) < 4.78 is 0. The Balaban J connectivity index is 0.000000772. The molecule has 0 amide bonds. The van der Waals surface area contributed by atoms with Crippen LogP contribution in [0.25, 0.3) is 11.4 Å². The van der Waals surface area contributed by atoms with Gasteiger partial charge in [-0.15, -0.1) is 0 Å². The lowest BCUT2D eigenvalue weighted by molar-refractivity contribution is 0.0923. The Hall–Kier alpha value is -1.78. The Morgan fingerprint density at radius 3 is 2.04 bits per heavy atom. The molecule has 0 saturated carbocycles. The van der Waals surface area contributed by atoms with Crippen molar-refractivity contribution in [3.05, 3.63) is 47.3 Å². The van der Waals surface area contributed by atoms with E-state index in [4.69, 9.17) is 5.11 Å². The molecule has 0 aliphatic heterocycles. The zero-order valence-corrected chi connectivity index (χ0v) is 15.9. The maximum Gasteiger partial charge on any atom is 0.119 e. The van der Waals surface area contributed by atoms with Gasteiger partial charge in [-0.25, -0.2) is 4.98 Å². The summed E-state index contributed by atoms with van der Waals surface area (Å²) in [7, 11) is 0. The van der Waals surface area contributed by atoms with Crippen LogP contribution in [0.1, 0.15) is 63.5 Å². The summed E-state index contributed by atoms with van der Waals surface area (Å²) in [5, 5.41) is 18.5. The quantitative estimate of drug-likeness (QED) is 0.861. The highest BCUT2D eigenvalue weighted by Crippen LogP contribution is 2.19. The van der Waals surface area contributed by atoms with Crippen LogP contribution in [0.2, 0.25) is 0 Å². The summed E-state index contributed by atoms with van der Waals surface area (Å²) in [6.45, 7) is 12.2. The van der Waals surface area contributed by atoms with Gasteiger partial charge in [0.15, 0.2) is 0 Å². The van der Waals surface area contributed by atoms with Crippen LogP contribution >= 0.6 is 0 Å². The molecule has 134 valence electrons. The molecule has 0 saturated heterocycles. The Labute approximate surface area is 146 Å². The summed E-state index contributed by atoms with van der Waals surface area (Å²) in [4.78, 5) is 8.64. The molecule has 2 heterocycles. The van der Waals surface area contributed by atoms with Crippen molar-refractivity contribution in [3.8, 4) is 11.4 Å². The molecule has 4 nitrogen and oxygen atoms in total. The number of hydrogen-bond donors (Lipinski definition) is 2. The van der Waals surface area contributed by atoms with Gasteiger partial charge in [0.2, 0.25) is 0 Å². The SMILES string of the molecule is CCC.CCC.Cc1cnc(-c2cccc(C(O)CO)n2)cc1C. The van der Waals surface area contributed by atoms with E-state index < -0.39 is 6.10 Å². The molecule has 2 aromatic heterocycles. The van der Waals surface area contributed by atoms with Gasteiger partial charge in [-0.3, -0.25) is 4.98 Å². The maximum absolute atomic E-state index is 9.57. The number of aliphatic hydroxyl groups excluding tert-OH is 2. The Morgan fingerprint density at radius 2 is 1.54 bits per heavy atom. The molecular formula is C20H32N2O2. The topological polar surface area (TPSA) is 66.2 Å². The van der Waals surface area contributed by atoms with Crippen molar-refractivity contribution in [3.63, 3.8) is 0 Å². The van der Waals surface area contributed by atoms with Gasteiger partial charge >= 0.3 is 0 Å². The largest absolute Gasteiger partial charge is 0.393 e. The molecule has 2 N–H and O–H groups in total. The van der Waals surface area contributed by atoms with Crippen LogP contribution in [-0.2, 0) is 0 Å². The fraction of sp³-hybridized carbons (Fsp3) is 0.500. The third-order valence-corrected chi connectivity index (χ3v) is 2.92. The van der Waals surface area contributed by atoms with Crippen molar-refractivity contribution < 1.29 is 10.2 Å². The van der Waals surface area contributed by atoms with Crippen molar-refractivity contribution in [2.45, 2.75) is 60.5 Å². The fourth-order valence-electron chi connectivity index (χ4n) is 1.64. The van der Waals surface area contributed by atoms with E-state index in [1.807, 2.05) is 32.2 Å². The van der Waals surface area contributed by atoms with Crippen molar-refractivity contribution in [2.24, 2.45) is 0 Å². The molecule has 0 aromatic carbocycles. The van der Waals surface area contributed by atoms with Gasteiger partial charge in [-0.05, 0) is 43.2 Å². The molecular weight excluding hydrogens is 300 g/mol. The molecule has 0 aliphatic carbocycles. The van der Waals surface area contributed by atoms with Crippen LogP contribution in [-0.4, -0.2) is 26.8 Å². The van der Waals surface area contributed by atoms with Crippen molar-refractivity contribution >= 4 is 0 Å². The lowest BCUT2D eigenvalue weighted by Crippen LogP contribution is -2.05. The molecule has 1 unspecified atom stereocenters. The van der Waals surface area contributed by atoms with Gasteiger partial charge in [0.1, 0.15) is 6.10 Å². The molecule has 4 heteroatoms. The Morgan fingerprint density at radius 1 is 0.958 bits per heavy atom. The minimum absolute atomic E-state index is 0.337. The number of aromatic nitrogens is 2. The van der Waals surface area contributed by atoms with Gasteiger partial charge in [0.05, 0.1) is 23.7 Å². The van der Waals surface area contributed by atoms with Crippen molar-refractivity contribution in [2.75, 3.05) is 6.61 Å². The Bertz CT molecular complexity index is 584. The molecule has 2 rings (SSSR count). The van der Waals surface area contributed by atoms with E-state index in [-0.39, 0.29) is 6.61 Å². The summed E-state index contributed by atoms with van der Waals surface area (Å²) in [6.07, 6.45) is 3.36. The predicted octanol–water partition coefficient (Wildman–Crippen LogP) is 4.62. The summed E-state index contributed by atoms with van der Waals surface area (Å²) in [5.74, 6) is 0. The monoisotopic (exact) mass is 332 g/mol. The molecule has 0 radical (unpaired) electrons. The normalized spacial score (nSPS) is 10.8. The van der Waals surface area contributed by atoms with Gasteiger partial charge in [-0.1, -0.05) is 46.6 Å². The smallest absolute Gasteiger partial charge is 0.119 e. The minimum Gasteiger partial charge on any atom is -0.393 e. The third kappa shape index (κ3) is 7.66. The second-order valence-electron chi connectivity index (χ2n) is 5.71. The lowest BCUT2D eigenvalue weighted by atomic mass is 10.1. The van der Waals surface area contributed by atoms with E-state index in [0.717, 1.165) is 16.8 Å². The van der Waals surface area contributed by atoms with Crippen molar-refractivity contribution in [1.82, 2.24) is 9.97 Å². The zero-order valence-electron chi connectivity index (χ0n) is 15.9. The van der Waals surface area contributed by atoms with E-state index >= 15 is 0 Å². The van der Waals surface area contributed by atoms with E-state index in [2.05, 4.69) is 37.7 Å². The second-order valence-corrected chi connectivity index (χ2v) is 5.71. The summed E-state index contributed by atoms with van der Waals surface area (Å²) in [5.41, 5.74) is 4.20. The number of nitrogens with zero attached hydrogens (tertiary/aromatic N) is 2. The van der Waals surface area contributed by atoms with Crippen LogP contribution in [0, 0.1) is 13.8 Å². The lowest BCUT2D eigenvalue weighted by Gasteiger charge is -2.09. The van der Waals surface area contributed by atoms with Crippen molar-refractivity contribution in [1.29, 1.82) is 0 Å². The fourth-order valence-corrected chi connectivity index (χ4v) is 1.64. The zero-order chi connectivity index (χ0) is 18.5. The molecule has 0 spiro atoms. The second kappa shape index (κ2) is 12.6. The van der Waals surface area contributed by atoms with E-state index in [0.29, 0.717) is 11.4 Å². The molecule has 2 aromatic rings. The number of aryl methyl sites for hydroxylation is 2. The molecule has 0 bridgehead atoms. The summed E-state index contributed by atoms with van der Waals surface area (Å²) in [6, 6.07) is 7.29. The van der Waals surface area contributed by atoms with Crippen LogP contribution in [0.15, 0.2) is 30.5 Å². The first kappa shape index (κ1) is 22.2. The number of pyridine rings is 2. The highest BCUT2D eigenvalue weighted by molar-refractivity contribution is 5.55. The predicted molar refractivity (Wildman–Crippen MR) is 101 cm³/mol. The van der Waals surface area contributed by atoms with Crippen LogP contribution in [0.5, 0.6) is 0 Å². The van der Waals surface area contributed by atoms with Crippen LogP contribution < -0.4 is 0 Å². The van der Waals surface area contributed by atoms with Gasteiger partial charge in [0, 0.05) is 6.20 Å². The highest BCUT2D eigenvalue weighted by atomic mass is 16.3. The number of hydrogen-bond acceptors (Lipinski definition) is 4. The minimum atomic E-state index is -0.948. The van der Waals surface area contributed by atoms with Crippen LogP contribution in [0.3, 0.4) is 0 Å². The van der Waals surface area contributed by atoms with E-state index in [1.165, 1.54) is 12.8 Å². The average molecular weight is 332 g/mol. The van der Waals surface area contributed by atoms with Gasteiger partial charge in [0.25, 0.3) is 0 Å². The standard InChI is InChI=1S/C14H16N2O2.2C3H8/c1-9-6-13(15-7-10(9)2)11-4-3-5-12(16-11)14(18)8-17;2*1-3-2/h3-7,14,17-18H,8H2,1-2H3;2*3H2,1-2H3. The summed E-state index contributed by atoms with van der Waals surface area (Å²) >= 11 is 0. The number of aliphatic hydroxyl groups is 2. The average Bonchev–Trinajstić information content (AvgIpc) is 2.58. The molecule has 1 atom stereocenters. The first-order valence-electron chi connectivity index (χ1n) is 8.64. The first-order valence-corrected chi connectivity index (χ1v) is 8.64. The molecule has 0 aliphatic rings. The molecule has 0 fully saturated rings. The van der Waals surface area contributed by atoms with Gasteiger partial charge < -0.3 is 10.2 Å². The number of rotatable bonds is 3. The van der Waals surface area contributed by atoms with Crippen LogP contribution in [0.4, 0.5) is 0 Å². The van der Waals surface area contributed by atoms with Gasteiger partial charge in [-0.2, -0.15) is 0 Å². The highest BCUT2D eigenvalue weighted by Gasteiger charge is 2.09. The van der Waals surface area contributed by atoms with E-state index in [9.17, 15) is 5.11 Å².